The highest BCUT2D eigenvalue weighted by atomic mass is 33.1. The lowest BCUT2D eigenvalue weighted by Crippen LogP contribution is -1.95. The molecule has 0 aromatic carbocycles. The summed E-state index contributed by atoms with van der Waals surface area (Å²) in [6, 6.07) is 7.93. The Balaban J connectivity index is 0.000000262. The molecular formula is C18H22N2O4S2. The first-order valence-electron chi connectivity index (χ1n) is 8.08. The molecule has 0 amide bonds. The van der Waals surface area contributed by atoms with Crippen LogP contribution in [0.4, 0.5) is 0 Å². The van der Waals surface area contributed by atoms with E-state index in [1.54, 1.807) is 46.4 Å². The fourth-order valence-electron chi connectivity index (χ4n) is 1.77. The van der Waals surface area contributed by atoms with Gasteiger partial charge in [0, 0.05) is 49.1 Å². The van der Waals surface area contributed by atoms with Gasteiger partial charge in [-0.25, -0.2) is 0 Å². The predicted octanol–water partition coefficient (Wildman–Crippen LogP) is 4.24. The standard InChI is InChI=1S/C10H8N2.C8H14O4S2/c1-5-11-6-2-9(1)10-3-7-12-8-4-10;9-7(10)3-1-5-13-14-6-2-4-8(11)12/h1-8H;1-6H2,(H,9,10)(H,11,12). The van der Waals surface area contributed by atoms with Crippen molar-refractivity contribution < 1.29 is 19.8 Å². The molecule has 2 rings (SSSR count). The molecule has 0 aliphatic heterocycles. The number of carboxylic acid groups (broad SMARTS) is 2. The van der Waals surface area contributed by atoms with E-state index in [1.807, 2.05) is 24.3 Å². The Morgan fingerprint density at radius 1 is 0.731 bits per heavy atom. The van der Waals surface area contributed by atoms with Crippen LogP contribution in [0.1, 0.15) is 25.7 Å². The van der Waals surface area contributed by atoms with Crippen molar-refractivity contribution in [3.8, 4) is 11.1 Å². The topological polar surface area (TPSA) is 100 Å². The maximum Gasteiger partial charge on any atom is 0.303 e. The van der Waals surface area contributed by atoms with Crippen LogP contribution in [0.25, 0.3) is 11.1 Å². The number of rotatable bonds is 10. The number of nitrogens with zero attached hydrogens (tertiary/aromatic N) is 2. The lowest BCUT2D eigenvalue weighted by atomic mass is 10.1. The minimum Gasteiger partial charge on any atom is -0.481 e. The number of carboxylic acids is 2. The van der Waals surface area contributed by atoms with Gasteiger partial charge in [-0.05, 0) is 48.2 Å². The molecule has 140 valence electrons. The van der Waals surface area contributed by atoms with Gasteiger partial charge in [0.05, 0.1) is 0 Å². The molecule has 0 unspecified atom stereocenters. The van der Waals surface area contributed by atoms with Gasteiger partial charge in [-0.15, -0.1) is 0 Å². The van der Waals surface area contributed by atoms with E-state index in [0.29, 0.717) is 12.8 Å². The summed E-state index contributed by atoms with van der Waals surface area (Å²) < 4.78 is 0. The van der Waals surface area contributed by atoms with E-state index in [2.05, 4.69) is 9.97 Å². The van der Waals surface area contributed by atoms with Crippen molar-refractivity contribution in [1.82, 2.24) is 9.97 Å². The van der Waals surface area contributed by atoms with Crippen molar-refractivity contribution in [2.45, 2.75) is 25.7 Å². The largest absolute Gasteiger partial charge is 0.481 e. The molecule has 0 bridgehead atoms. The summed E-state index contributed by atoms with van der Waals surface area (Å²) in [5.74, 6) is 0.0941. The van der Waals surface area contributed by atoms with Gasteiger partial charge in [-0.3, -0.25) is 19.6 Å². The van der Waals surface area contributed by atoms with E-state index < -0.39 is 11.9 Å². The Hall–Kier alpha value is -2.06. The maximum atomic E-state index is 10.1. The average Bonchev–Trinajstić information content (AvgIpc) is 2.65. The first-order valence-corrected chi connectivity index (χ1v) is 10.6. The van der Waals surface area contributed by atoms with Crippen LogP contribution in [0.5, 0.6) is 0 Å². The fraction of sp³-hybridized carbons (Fsp3) is 0.333. The summed E-state index contributed by atoms with van der Waals surface area (Å²) in [6.07, 6.45) is 8.92. The maximum absolute atomic E-state index is 10.1. The number of aliphatic carboxylic acids is 2. The van der Waals surface area contributed by atoms with E-state index in [0.717, 1.165) is 11.5 Å². The quantitative estimate of drug-likeness (QED) is 0.456. The Labute approximate surface area is 160 Å². The molecule has 2 aromatic heterocycles. The van der Waals surface area contributed by atoms with Crippen molar-refractivity contribution in [1.29, 1.82) is 0 Å². The molecule has 0 aliphatic carbocycles. The molecule has 0 radical (unpaired) electrons. The minimum atomic E-state index is -0.763. The van der Waals surface area contributed by atoms with Gasteiger partial charge >= 0.3 is 11.9 Å². The summed E-state index contributed by atoms with van der Waals surface area (Å²) in [6.45, 7) is 0. The number of pyridine rings is 2. The molecule has 0 saturated carbocycles. The number of carbonyl (C=O) groups is 2. The molecule has 8 heteroatoms. The second kappa shape index (κ2) is 14.1. The third kappa shape index (κ3) is 11.5. The van der Waals surface area contributed by atoms with Gasteiger partial charge in [-0.1, -0.05) is 21.6 Å². The Bertz CT molecular complexity index is 585. The van der Waals surface area contributed by atoms with Gasteiger partial charge in [0.2, 0.25) is 0 Å². The zero-order valence-electron chi connectivity index (χ0n) is 14.3. The first-order chi connectivity index (χ1) is 12.6. The number of hydrogen-bond acceptors (Lipinski definition) is 6. The van der Waals surface area contributed by atoms with Crippen LogP contribution >= 0.6 is 21.6 Å². The van der Waals surface area contributed by atoms with Crippen molar-refractivity contribution in [2.24, 2.45) is 0 Å². The molecule has 0 spiro atoms. The highest BCUT2D eigenvalue weighted by Gasteiger charge is 1.98. The van der Waals surface area contributed by atoms with E-state index in [-0.39, 0.29) is 12.8 Å². The van der Waals surface area contributed by atoms with E-state index in [1.165, 1.54) is 11.1 Å². The SMILES string of the molecule is O=C(O)CCCSSCCCC(=O)O.c1cc(-c2ccncc2)ccn1. The van der Waals surface area contributed by atoms with Crippen LogP contribution in [0.2, 0.25) is 0 Å². The van der Waals surface area contributed by atoms with Crippen molar-refractivity contribution in [2.75, 3.05) is 11.5 Å². The van der Waals surface area contributed by atoms with E-state index in [9.17, 15) is 9.59 Å². The number of hydrogen-bond donors (Lipinski definition) is 2. The second-order valence-electron chi connectivity index (χ2n) is 5.11. The van der Waals surface area contributed by atoms with Gasteiger partial charge in [-0.2, -0.15) is 0 Å². The zero-order chi connectivity index (χ0) is 19.0. The molecular weight excluding hydrogens is 372 g/mol. The van der Waals surface area contributed by atoms with Crippen LogP contribution in [0.15, 0.2) is 49.1 Å². The summed E-state index contributed by atoms with van der Waals surface area (Å²) in [7, 11) is 3.21. The van der Waals surface area contributed by atoms with Crippen LogP contribution in [-0.4, -0.2) is 43.6 Å². The molecule has 2 N–H and O–H groups in total. The lowest BCUT2D eigenvalue weighted by Gasteiger charge is -1.98. The molecule has 0 atom stereocenters. The summed E-state index contributed by atoms with van der Waals surface area (Å²) in [4.78, 5) is 28.2. The molecule has 0 fully saturated rings. The minimum absolute atomic E-state index is 0.211. The summed E-state index contributed by atoms with van der Waals surface area (Å²) in [5.41, 5.74) is 2.35. The molecule has 6 nitrogen and oxygen atoms in total. The highest BCUT2D eigenvalue weighted by Crippen LogP contribution is 2.23. The van der Waals surface area contributed by atoms with Gasteiger partial charge in [0.15, 0.2) is 0 Å². The molecule has 0 aliphatic rings. The van der Waals surface area contributed by atoms with Crippen molar-refractivity contribution in [3.05, 3.63) is 49.1 Å². The van der Waals surface area contributed by atoms with Crippen LogP contribution in [0.3, 0.4) is 0 Å². The summed E-state index contributed by atoms with van der Waals surface area (Å²) in [5, 5.41) is 16.7. The molecule has 26 heavy (non-hydrogen) atoms. The van der Waals surface area contributed by atoms with Crippen LogP contribution in [0, 0.1) is 0 Å². The fourth-order valence-corrected chi connectivity index (χ4v) is 3.95. The third-order valence-electron chi connectivity index (χ3n) is 3.01. The highest BCUT2D eigenvalue weighted by molar-refractivity contribution is 8.76. The van der Waals surface area contributed by atoms with Crippen LogP contribution < -0.4 is 0 Å². The lowest BCUT2D eigenvalue weighted by molar-refractivity contribution is -0.138. The third-order valence-corrected chi connectivity index (χ3v) is 5.59. The van der Waals surface area contributed by atoms with Crippen LogP contribution in [-0.2, 0) is 9.59 Å². The van der Waals surface area contributed by atoms with Crippen molar-refractivity contribution >= 4 is 33.5 Å². The van der Waals surface area contributed by atoms with E-state index >= 15 is 0 Å². The molecule has 0 saturated heterocycles. The first kappa shape index (κ1) is 22.0. The van der Waals surface area contributed by atoms with Gasteiger partial charge in [0.1, 0.15) is 0 Å². The zero-order valence-corrected chi connectivity index (χ0v) is 15.9. The van der Waals surface area contributed by atoms with Gasteiger partial charge in [0.25, 0.3) is 0 Å². The number of aromatic nitrogens is 2. The Morgan fingerprint density at radius 3 is 1.38 bits per heavy atom. The molecule has 2 aromatic rings. The van der Waals surface area contributed by atoms with Crippen molar-refractivity contribution in [3.63, 3.8) is 0 Å². The second-order valence-corrected chi connectivity index (χ2v) is 7.81. The van der Waals surface area contributed by atoms with E-state index in [4.69, 9.17) is 10.2 Å². The Morgan fingerprint density at radius 2 is 1.08 bits per heavy atom. The summed E-state index contributed by atoms with van der Waals surface area (Å²) >= 11 is 0. The average molecular weight is 395 g/mol. The normalized spacial score (nSPS) is 9.85. The van der Waals surface area contributed by atoms with Gasteiger partial charge < -0.3 is 10.2 Å². The molecule has 2 heterocycles. The smallest absolute Gasteiger partial charge is 0.303 e. The predicted molar refractivity (Wildman–Crippen MR) is 106 cm³/mol. The Kier molecular flexibility index (Phi) is 12.0. The monoisotopic (exact) mass is 394 g/mol.